The zero-order chi connectivity index (χ0) is 24.9. The second kappa shape index (κ2) is 14.2. The summed E-state index contributed by atoms with van der Waals surface area (Å²) < 4.78 is 16.4. The molecule has 0 saturated heterocycles. The summed E-state index contributed by atoms with van der Waals surface area (Å²) in [5.41, 5.74) is 1.81. The van der Waals surface area contributed by atoms with Crippen molar-refractivity contribution in [3.8, 4) is 5.75 Å². The van der Waals surface area contributed by atoms with Crippen molar-refractivity contribution in [1.82, 2.24) is 15.3 Å². The van der Waals surface area contributed by atoms with Crippen LogP contribution in [0, 0.1) is 12.3 Å². The average Bonchev–Trinajstić information content (AvgIpc) is 3.07. The summed E-state index contributed by atoms with van der Waals surface area (Å²) in [6.07, 6.45) is 10.2. The monoisotopic (exact) mass is 585 g/mol. The first kappa shape index (κ1) is 26.3. The van der Waals surface area contributed by atoms with E-state index in [2.05, 4.69) is 47.3 Å². The normalized spacial score (nSPS) is 13.3. The number of nitrogens with zero attached hydrogens (tertiary/aromatic N) is 3. The number of nitrogens with one attached hydrogen (secondary N) is 3. The number of hydrogen-bond donors (Lipinski definition) is 3. The van der Waals surface area contributed by atoms with E-state index in [0.717, 1.165) is 53.4 Å². The van der Waals surface area contributed by atoms with Crippen molar-refractivity contribution in [2.24, 2.45) is 4.99 Å². The summed E-state index contributed by atoms with van der Waals surface area (Å²) in [6, 6.07) is 5.82. The average molecular weight is 585 g/mol. The Kier molecular flexibility index (Phi) is 10.6. The fraction of sp³-hybridized carbons (Fsp3) is 0.231. The third-order valence-electron chi connectivity index (χ3n) is 4.85. The van der Waals surface area contributed by atoms with E-state index in [4.69, 9.17) is 14.9 Å². The van der Waals surface area contributed by atoms with Crippen molar-refractivity contribution >= 4 is 33.9 Å². The van der Waals surface area contributed by atoms with Crippen LogP contribution in [0.3, 0.4) is 0 Å². The molecule has 0 amide bonds. The predicted octanol–water partition coefficient (Wildman–Crippen LogP) is 0.134. The van der Waals surface area contributed by atoms with Crippen molar-refractivity contribution in [2.45, 2.75) is 20.3 Å². The number of halogens is 1. The molecule has 3 rings (SSSR count). The molecule has 3 N–H and O–H groups in total. The van der Waals surface area contributed by atoms with E-state index >= 15 is 0 Å². The molecule has 1 aromatic carbocycles. The van der Waals surface area contributed by atoms with Gasteiger partial charge in [0.2, 0.25) is 0 Å². The van der Waals surface area contributed by atoms with Crippen molar-refractivity contribution in [3.63, 3.8) is 0 Å². The Hall–Kier alpha value is -3.31. The first-order valence-electron chi connectivity index (χ1n) is 11.2. The topological polar surface area (TPSA) is 105 Å². The van der Waals surface area contributed by atoms with E-state index in [-0.39, 0.29) is 21.2 Å². The van der Waals surface area contributed by atoms with Gasteiger partial charge in [0.1, 0.15) is 6.34 Å². The van der Waals surface area contributed by atoms with Crippen LogP contribution in [0.5, 0.6) is 5.75 Å². The van der Waals surface area contributed by atoms with E-state index < -0.39 is 0 Å². The van der Waals surface area contributed by atoms with Crippen LogP contribution >= 0.6 is 0 Å². The fourth-order valence-electron chi connectivity index (χ4n) is 3.18. The van der Waals surface area contributed by atoms with Crippen molar-refractivity contribution in [1.29, 1.82) is 5.41 Å². The summed E-state index contributed by atoms with van der Waals surface area (Å²) >= 11 is -0.243. The number of anilines is 2. The van der Waals surface area contributed by atoms with Crippen LogP contribution in [0.25, 0.3) is 9.84 Å². The van der Waals surface area contributed by atoms with E-state index in [9.17, 15) is 0 Å². The van der Waals surface area contributed by atoms with Crippen molar-refractivity contribution in [2.75, 3.05) is 25.0 Å². The fourth-order valence-corrected chi connectivity index (χ4v) is 4.73. The molecule has 8 nitrogen and oxygen atoms in total. The van der Waals surface area contributed by atoms with Crippen molar-refractivity contribution in [3.05, 3.63) is 75.3 Å². The zero-order valence-electron chi connectivity index (χ0n) is 19.9. The van der Waals surface area contributed by atoms with Gasteiger partial charge in [-0.15, -0.1) is 0 Å². The number of benzene rings is 1. The van der Waals surface area contributed by atoms with Gasteiger partial charge in [0, 0.05) is 6.21 Å². The van der Waals surface area contributed by atoms with Crippen LogP contribution in [0.1, 0.15) is 18.9 Å². The number of aryl methyl sites for hydroxylation is 1. The van der Waals surface area contributed by atoms with Crippen LogP contribution in [-0.4, -0.2) is 42.2 Å². The Morgan fingerprint density at radius 3 is 2.97 bits per heavy atom. The molecule has 2 aromatic rings. The van der Waals surface area contributed by atoms with E-state index in [1.54, 1.807) is 18.5 Å². The minimum atomic E-state index is -0.243. The number of rotatable bonds is 13. The van der Waals surface area contributed by atoms with Gasteiger partial charge in [-0.1, -0.05) is 6.58 Å². The Morgan fingerprint density at radius 2 is 2.20 bits per heavy atom. The van der Waals surface area contributed by atoms with Crippen molar-refractivity contribution < 1.29 is 30.7 Å². The Bertz CT molecular complexity index is 1250. The molecule has 0 spiro atoms. The molecule has 0 radical (unpaired) electrons. The third-order valence-corrected chi connectivity index (χ3v) is 6.57. The summed E-state index contributed by atoms with van der Waals surface area (Å²) in [5, 5.41) is 15.5. The Morgan fingerprint density at radius 1 is 1.31 bits per heavy atom. The van der Waals surface area contributed by atoms with Crippen LogP contribution in [-0.2, 0) is 4.74 Å². The quantitative estimate of drug-likeness (QED) is 0.0772. The molecule has 1 aromatic heterocycles. The van der Waals surface area contributed by atoms with Gasteiger partial charge in [-0.3, -0.25) is 5.41 Å². The van der Waals surface area contributed by atoms with E-state index in [1.165, 1.54) is 6.21 Å². The molecule has 1 aliphatic heterocycles. The summed E-state index contributed by atoms with van der Waals surface area (Å²) in [4.78, 5) is 12.8. The van der Waals surface area contributed by atoms with Crippen LogP contribution in [0.15, 0.2) is 64.2 Å². The molecule has 184 valence electrons. The third kappa shape index (κ3) is 7.86. The molecular weight excluding hydrogens is 555 g/mol. The first-order chi connectivity index (χ1) is 17.2. The SMILES string of the molecule is C=C/C(=C\C=NC=N)Oc1ccc(Nc2ncnc3c2=C(OCCCNCC)C=C[I-]C=3)cc1C. The van der Waals surface area contributed by atoms with E-state index in [1.807, 2.05) is 31.2 Å². The molecule has 0 saturated carbocycles. The van der Waals surface area contributed by atoms with Crippen LogP contribution < -0.4 is 47.1 Å². The molecule has 1 aliphatic rings. The van der Waals surface area contributed by atoms with Gasteiger partial charge < -0.3 is 0 Å². The minimum absolute atomic E-state index is 0.243. The molecule has 35 heavy (non-hydrogen) atoms. The number of allylic oxidation sites excluding steroid dienone is 2. The molecule has 0 fully saturated rings. The number of hydrogen-bond acceptors (Lipinski definition) is 7. The molecule has 0 bridgehead atoms. The molecular formula is C26H30IN6O2-. The maximum atomic E-state index is 6.96. The summed E-state index contributed by atoms with van der Waals surface area (Å²) in [6.45, 7) is 10.3. The number of ether oxygens (including phenoxy) is 2. The molecule has 0 aliphatic carbocycles. The van der Waals surface area contributed by atoms with Crippen LogP contribution in [0.2, 0.25) is 0 Å². The van der Waals surface area contributed by atoms with Gasteiger partial charge in [-0.05, 0) is 0 Å². The number of aromatic nitrogens is 2. The first-order valence-corrected chi connectivity index (χ1v) is 13.7. The number of fused-ring (bicyclic) bond motifs is 1. The maximum absolute atomic E-state index is 6.96. The second-order valence-corrected chi connectivity index (χ2v) is 9.40. The van der Waals surface area contributed by atoms with Crippen LogP contribution in [0.4, 0.5) is 11.5 Å². The molecule has 0 atom stereocenters. The zero-order valence-corrected chi connectivity index (χ0v) is 22.1. The second-order valence-electron chi connectivity index (χ2n) is 7.34. The van der Waals surface area contributed by atoms with Gasteiger partial charge in [0.25, 0.3) is 0 Å². The number of aliphatic imine (C=N–C) groups is 1. The van der Waals surface area contributed by atoms with Gasteiger partial charge in [-0.2, -0.15) is 0 Å². The Labute approximate surface area is 216 Å². The summed E-state index contributed by atoms with van der Waals surface area (Å²) in [5.74, 6) is 2.73. The van der Waals surface area contributed by atoms with Gasteiger partial charge in [0.15, 0.2) is 0 Å². The molecule has 9 heteroatoms. The molecule has 0 unspecified atom stereocenters. The van der Waals surface area contributed by atoms with Gasteiger partial charge in [-0.25, -0.2) is 4.99 Å². The Balaban J connectivity index is 1.86. The summed E-state index contributed by atoms with van der Waals surface area (Å²) in [7, 11) is 0. The van der Waals surface area contributed by atoms with Gasteiger partial charge >= 0.3 is 187 Å². The van der Waals surface area contributed by atoms with Gasteiger partial charge in [0.05, 0.1) is 0 Å². The van der Waals surface area contributed by atoms with E-state index in [0.29, 0.717) is 23.9 Å². The molecule has 2 heterocycles. The standard InChI is InChI=1S/C26H30IN6O2/c1-4-21(10-13-30-17-28)35-23-8-7-20(15-19(23)3)33-26-25-22(31-18-32-26)16-27-11-9-24(25)34-14-6-12-29-5-2/h4,7-11,13,15-18,28-29H,1,5-6,12,14H2,2-3H3,(H,31,32,33)/q-1/b21-10+,28-17?,30-13?. The predicted molar refractivity (Wildman–Crippen MR) is 138 cm³/mol.